The molecule has 2 nitrogen and oxygen atoms in total. The van der Waals surface area contributed by atoms with E-state index in [4.69, 9.17) is 0 Å². The first-order valence-electron chi connectivity index (χ1n) is 6.33. The summed E-state index contributed by atoms with van der Waals surface area (Å²) in [6, 6.07) is 14.2. The van der Waals surface area contributed by atoms with Gasteiger partial charge in [0.2, 0.25) is 0 Å². The van der Waals surface area contributed by atoms with Gasteiger partial charge in [-0.25, -0.2) is 0 Å². The lowest BCUT2D eigenvalue weighted by Gasteiger charge is -2.15. The fraction of sp³-hybridized carbons (Fsp3) is 0.250. The molecule has 2 rings (SSSR count). The molecule has 0 saturated carbocycles. The number of halogens is 1. The lowest BCUT2D eigenvalue weighted by molar-refractivity contribution is 0.460. The van der Waals surface area contributed by atoms with E-state index >= 15 is 0 Å². The molecular weight excluding hydrogens is 302 g/mol. The summed E-state index contributed by atoms with van der Waals surface area (Å²) in [5, 5.41) is 13.2. The van der Waals surface area contributed by atoms with E-state index in [0.717, 1.165) is 15.6 Å². The zero-order valence-corrected chi connectivity index (χ0v) is 12.7. The largest absolute Gasteiger partial charge is 0.508 e. The second-order valence-electron chi connectivity index (χ2n) is 4.79. The predicted molar refractivity (Wildman–Crippen MR) is 82.2 cm³/mol. The molecule has 0 bridgehead atoms. The Bertz CT molecular complexity index is 551. The highest BCUT2D eigenvalue weighted by molar-refractivity contribution is 9.10. The SMILES string of the molecule is Cc1ccc(O)c(CN[C@@H](C)c2ccc(Br)cc2)c1. The minimum absolute atomic E-state index is 0.244. The maximum Gasteiger partial charge on any atom is 0.120 e. The van der Waals surface area contributed by atoms with Gasteiger partial charge in [0.05, 0.1) is 0 Å². The van der Waals surface area contributed by atoms with Gasteiger partial charge in [-0.3, -0.25) is 0 Å². The summed E-state index contributed by atoms with van der Waals surface area (Å²) in [7, 11) is 0. The van der Waals surface area contributed by atoms with E-state index in [0.29, 0.717) is 12.3 Å². The van der Waals surface area contributed by atoms with Crippen LogP contribution < -0.4 is 5.32 Å². The Morgan fingerprint density at radius 2 is 1.84 bits per heavy atom. The van der Waals surface area contributed by atoms with Crippen molar-refractivity contribution in [1.82, 2.24) is 5.32 Å². The highest BCUT2D eigenvalue weighted by atomic mass is 79.9. The summed E-state index contributed by atoms with van der Waals surface area (Å²) >= 11 is 3.43. The first-order valence-corrected chi connectivity index (χ1v) is 7.13. The van der Waals surface area contributed by atoms with Gasteiger partial charge in [-0.15, -0.1) is 0 Å². The fourth-order valence-electron chi connectivity index (χ4n) is 1.99. The van der Waals surface area contributed by atoms with Crippen LogP contribution in [0.2, 0.25) is 0 Å². The van der Waals surface area contributed by atoms with Crippen molar-refractivity contribution >= 4 is 15.9 Å². The third-order valence-corrected chi connectivity index (χ3v) is 3.73. The van der Waals surface area contributed by atoms with E-state index in [9.17, 15) is 5.11 Å². The zero-order valence-electron chi connectivity index (χ0n) is 11.2. The van der Waals surface area contributed by atoms with Crippen molar-refractivity contribution in [2.24, 2.45) is 0 Å². The van der Waals surface area contributed by atoms with Crippen LogP contribution >= 0.6 is 15.9 Å². The average molecular weight is 320 g/mol. The van der Waals surface area contributed by atoms with Crippen LogP contribution in [-0.4, -0.2) is 5.11 Å². The zero-order chi connectivity index (χ0) is 13.8. The van der Waals surface area contributed by atoms with Crippen molar-refractivity contribution in [3.05, 3.63) is 63.6 Å². The van der Waals surface area contributed by atoms with E-state index in [2.05, 4.69) is 40.3 Å². The third-order valence-electron chi connectivity index (χ3n) is 3.20. The third kappa shape index (κ3) is 3.82. The number of aryl methyl sites for hydroxylation is 1. The van der Waals surface area contributed by atoms with E-state index in [1.54, 1.807) is 6.07 Å². The molecule has 2 aromatic rings. The van der Waals surface area contributed by atoms with Crippen molar-refractivity contribution in [3.63, 3.8) is 0 Å². The second-order valence-corrected chi connectivity index (χ2v) is 5.70. The number of aromatic hydroxyl groups is 1. The van der Waals surface area contributed by atoms with Gasteiger partial charge in [0, 0.05) is 22.6 Å². The molecule has 0 aliphatic carbocycles. The van der Waals surface area contributed by atoms with Crippen LogP contribution in [0.1, 0.15) is 29.7 Å². The van der Waals surface area contributed by atoms with Crippen LogP contribution in [-0.2, 0) is 6.54 Å². The summed E-state index contributed by atoms with van der Waals surface area (Å²) in [4.78, 5) is 0. The Kier molecular flexibility index (Phi) is 4.61. The fourth-order valence-corrected chi connectivity index (χ4v) is 2.25. The highest BCUT2D eigenvalue weighted by Gasteiger charge is 2.07. The lowest BCUT2D eigenvalue weighted by Crippen LogP contribution is -2.18. The average Bonchev–Trinajstić information content (AvgIpc) is 2.40. The molecule has 0 heterocycles. The monoisotopic (exact) mass is 319 g/mol. The summed E-state index contributed by atoms with van der Waals surface area (Å²) in [5.74, 6) is 0.348. The number of rotatable bonds is 4. The van der Waals surface area contributed by atoms with Crippen LogP contribution in [0.5, 0.6) is 5.75 Å². The molecule has 19 heavy (non-hydrogen) atoms. The predicted octanol–water partition coefficient (Wildman–Crippen LogP) is 4.31. The number of hydrogen-bond acceptors (Lipinski definition) is 2. The molecule has 0 spiro atoms. The van der Waals surface area contributed by atoms with Gasteiger partial charge in [0.25, 0.3) is 0 Å². The van der Waals surface area contributed by atoms with Crippen molar-refractivity contribution in [2.75, 3.05) is 0 Å². The summed E-state index contributed by atoms with van der Waals surface area (Å²) in [6.07, 6.45) is 0. The van der Waals surface area contributed by atoms with E-state index in [1.165, 1.54) is 5.56 Å². The second kappa shape index (κ2) is 6.22. The summed E-state index contributed by atoms with van der Waals surface area (Å²) < 4.78 is 1.08. The maximum atomic E-state index is 9.81. The van der Waals surface area contributed by atoms with E-state index < -0.39 is 0 Å². The van der Waals surface area contributed by atoms with Crippen molar-refractivity contribution in [2.45, 2.75) is 26.4 Å². The van der Waals surface area contributed by atoms with Gasteiger partial charge in [-0.05, 0) is 37.6 Å². The molecule has 0 aromatic heterocycles. The molecule has 0 unspecified atom stereocenters. The van der Waals surface area contributed by atoms with Gasteiger partial charge >= 0.3 is 0 Å². The van der Waals surface area contributed by atoms with Gasteiger partial charge in [-0.1, -0.05) is 45.8 Å². The minimum Gasteiger partial charge on any atom is -0.508 e. The molecule has 1 atom stereocenters. The first kappa shape index (κ1) is 14.1. The standard InChI is InChI=1S/C16H18BrNO/c1-11-3-8-16(19)14(9-11)10-18-12(2)13-4-6-15(17)7-5-13/h3-9,12,18-19H,10H2,1-2H3/t12-/m0/s1. The van der Waals surface area contributed by atoms with Crippen molar-refractivity contribution < 1.29 is 5.11 Å². The summed E-state index contributed by atoms with van der Waals surface area (Å²) in [6.45, 7) is 4.81. The molecule has 0 fully saturated rings. The normalized spacial score (nSPS) is 12.4. The molecule has 0 radical (unpaired) electrons. The molecule has 0 amide bonds. The van der Waals surface area contributed by atoms with Gasteiger partial charge in [-0.2, -0.15) is 0 Å². The maximum absolute atomic E-state index is 9.81. The summed E-state index contributed by atoms with van der Waals surface area (Å²) in [5.41, 5.74) is 3.32. The van der Waals surface area contributed by atoms with E-state index in [1.807, 2.05) is 31.2 Å². The molecule has 0 aliphatic rings. The van der Waals surface area contributed by atoms with Gasteiger partial charge in [0.1, 0.15) is 5.75 Å². The molecular formula is C16H18BrNO. The Hall–Kier alpha value is -1.32. The smallest absolute Gasteiger partial charge is 0.120 e. The van der Waals surface area contributed by atoms with Gasteiger partial charge < -0.3 is 10.4 Å². The lowest BCUT2D eigenvalue weighted by atomic mass is 10.1. The quantitative estimate of drug-likeness (QED) is 0.879. The number of phenolic OH excluding ortho intramolecular Hbond substituents is 1. The van der Waals surface area contributed by atoms with Crippen LogP contribution in [0, 0.1) is 6.92 Å². The van der Waals surface area contributed by atoms with Crippen LogP contribution in [0.25, 0.3) is 0 Å². The Labute approximate surface area is 122 Å². The van der Waals surface area contributed by atoms with Gasteiger partial charge in [0.15, 0.2) is 0 Å². The molecule has 100 valence electrons. The topological polar surface area (TPSA) is 32.3 Å². The van der Waals surface area contributed by atoms with Crippen molar-refractivity contribution in [3.8, 4) is 5.75 Å². The highest BCUT2D eigenvalue weighted by Crippen LogP contribution is 2.20. The molecule has 2 aromatic carbocycles. The first-order chi connectivity index (χ1) is 9.06. The number of benzene rings is 2. The number of phenols is 1. The molecule has 3 heteroatoms. The number of hydrogen-bond donors (Lipinski definition) is 2. The Balaban J connectivity index is 2.02. The minimum atomic E-state index is 0.244. The Morgan fingerprint density at radius 1 is 1.16 bits per heavy atom. The number of nitrogens with one attached hydrogen (secondary N) is 1. The van der Waals surface area contributed by atoms with Crippen LogP contribution in [0.3, 0.4) is 0 Å². The van der Waals surface area contributed by atoms with Crippen LogP contribution in [0.4, 0.5) is 0 Å². The van der Waals surface area contributed by atoms with E-state index in [-0.39, 0.29) is 6.04 Å². The van der Waals surface area contributed by atoms with Crippen molar-refractivity contribution in [1.29, 1.82) is 0 Å². The molecule has 0 aliphatic heterocycles. The Morgan fingerprint density at radius 3 is 2.53 bits per heavy atom. The molecule has 2 N–H and O–H groups in total. The molecule has 0 saturated heterocycles. The van der Waals surface area contributed by atoms with Crippen LogP contribution in [0.15, 0.2) is 46.9 Å².